The van der Waals surface area contributed by atoms with Crippen molar-refractivity contribution < 1.29 is 13.2 Å². The van der Waals surface area contributed by atoms with Crippen LogP contribution in [0.3, 0.4) is 0 Å². The number of aliphatic imine (C=N–C) groups is 1. The van der Waals surface area contributed by atoms with Gasteiger partial charge in [-0.25, -0.2) is 0 Å². The summed E-state index contributed by atoms with van der Waals surface area (Å²) >= 11 is 1.49. The van der Waals surface area contributed by atoms with Gasteiger partial charge >= 0.3 is 6.18 Å². The van der Waals surface area contributed by atoms with Crippen LogP contribution >= 0.6 is 11.8 Å². The number of hydrogen-bond donors (Lipinski definition) is 1. The van der Waals surface area contributed by atoms with Gasteiger partial charge in [0.1, 0.15) is 0 Å². The smallest absolute Gasteiger partial charge is 0.324 e. The van der Waals surface area contributed by atoms with Crippen LogP contribution in [-0.2, 0) is 0 Å². The van der Waals surface area contributed by atoms with E-state index in [2.05, 4.69) is 4.99 Å². The van der Waals surface area contributed by atoms with E-state index in [1.165, 1.54) is 17.8 Å². The van der Waals surface area contributed by atoms with Crippen molar-refractivity contribution in [2.24, 2.45) is 10.7 Å². The first-order chi connectivity index (χ1) is 10.9. The van der Waals surface area contributed by atoms with E-state index in [9.17, 15) is 13.2 Å². The normalized spacial score (nSPS) is 18.7. The lowest BCUT2D eigenvalue weighted by Gasteiger charge is -2.18. The molecule has 0 amide bonds. The monoisotopic (exact) mass is 336 g/mol. The van der Waals surface area contributed by atoms with Gasteiger partial charge in [0.15, 0.2) is 0 Å². The van der Waals surface area contributed by atoms with Crippen LogP contribution in [0.4, 0.5) is 13.2 Å². The van der Waals surface area contributed by atoms with E-state index in [0.29, 0.717) is 5.71 Å². The molecule has 2 N–H and O–H groups in total. The molecule has 0 radical (unpaired) electrons. The van der Waals surface area contributed by atoms with Crippen LogP contribution in [0.2, 0.25) is 0 Å². The Kier molecular flexibility index (Phi) is 4.21. The standard InChI is InChI=1S/C17H15F3N2S/c1-10(21)12-4-2-3-5-15(12)23-16-9-22-14-8-11(17(18,19)20)6-7-13(14)16/h2-7,9-10H,8,21H2,1H3. The molecule has 0 spiro atoms. The van der Waals surface area contributed by atoms with E-state index in [0.717, 1.165) is 27.0 Å². The van der Waals surface area contributed by atoms with Crippen molar-refractivity contribution in [3.8, 4) is 0 Å². The van der Waals surface area contributed by atoms with Crippen molar-refractivity contribution in [3.05, 3.63) is 64.2 Å². The molecule has 1 atom stereocenters. The van der Waals surface area contributed by atoms with Crippen molar-refractivity contribution >= 4 is 17.5 Å². The summed E-state index contributed by atoms with van der Waals surface area (Å²) in [5, 5.41) is 0. The third-order valence-electron chi connectivity index (χ3n) is 3.72. The molecule has 1 heterocycles. The number of halogens is 3. The molecule has 6 heteroatoms. The molecule has 0 saturated heterocycles. The van der Waals surface area contributed by atoms with Crippen LogP contribution in [0.25, 0.3) is 0 Å². The number of nitrogens with two attached hydrogens (primary N) is 1. The van der Waals surface area contributed by atoms with Crippen molar-refractivity contribution in [2.75, 3.05) is 0 Å². The second-order valence-electron chi connectivity index (χ2n) is 5.44. The van der Waals surface area contributed by atoms with E-state index in [1.54, 1.807) is 6.20 Å². The van der Waals surface area contributed by atoms with Crippen molar-refractivity contribution in [2.45, 2.75) is 30.5 Å². The number of rotatable bonds is 3. The highest BCUT2D eigenvalue weighted by atomic mass is 32.2. The molecule has 0 bridgehead atoms. The molecule has 3 rings (SSSR count). The molecular weight excluding hydrogens is 321 g/mol. The summed E-state index contributed by atoms with van der Waals surface area (Å²) in [5.41, 5.74) is 7.66. The van der Waals surface area contributed by atoms with Crippen LogP contribution in [0.5, 0.6) is 0 Å². The van der Waals surface area contributed by atoms with E-state index in [-0.39, 0.29) is 12.5 Å². The van der Waals surface area contributed by atoms with E-state index in [4.69, 9.17) is 5.73 Å². The fourth-order valence-electron chi connectivity index (χ4n) is 2.50. The largest absolute Gasteiger partial charge is 0.413 e. The van der Waals surface area contributed by atoms with Crippen LogP contribution < -0.4 is 5.73 Å². The zero-order valence-electron chi connectivity index (χ0n) is 12.4. The lowest BCUT2D eigenvalue weighted by molar-refractivity contribution is -0.0925. The zero-order valence-corrected chi connectivity index (χ0v) is 13.2. The van der Waals surface area contributed by atoms with Gasteiger partial charge in [-0.2, -0.15) is 13.2 Å². The van der Waals surface area contributed by atoms with Crippen LogP contribution in [0.15, 0.2) is 68.6 Å². The summed E-state index contributed by atoms with van der Waals surface area (Å²) in [5.74, 6) is 0. The minimum absolute atomic E-state index is 0.113. The first-order valence-electron chi connectivity index (χ1n) is 7.14. The Morgan fingerprint density at radius 2 is 1.96 bits per heavy atom. The van der Waals surface area contributed by atoms with Crippen molar-refractivity contribution in [1.82, 2.24) is 0 Å². The topological polar surface area (TPSA) is 38.4 Å². The van der Waals surface area contributed by atoms with Crippen LogP contribution in [0, 0.1) is 0 Å². The highest BCUT2D eigenvalue weighted by Crippen LogP contribution is 2.42. The molecule has 23 heavy (non-hydrogen) atoms. The van der Waals surface area contributed by atoms with Crippen LogP contribution in [0.1, 0.15) is 24.9 Å². The lowest BCUT2D eigenvalue weighted by Crippen LogP contribution is -2.18. The fraction of sp³-hybridized carbons (Fsp3) is 0.235. The number of benzene rings is 1. The molecule has 0 saturated carbocycles. The van der Waals surface area contributed by atoms with Crippen molar-refractivity contribution in [3.63, 3.8) is 0 Å². The van der Waals surface area contributed by atoms with Crippen LogP contribution in [-0.4, -0.2) is 11.9 Å². The maximum absolute atomic E-state index is 12.8. The summed E-state index contributed by atoms with van der Waals surface area (Å²) < 4.78 is 38.4. The molecule has 0 aromatic heterocycles. The molecule has 2 aliphatic rings. The van der Waals surface area contributed by atoms with Gasteiger partial charge in [-0.1, -0.05) is 42.1 Å². The summed E-state index contributed by atoms with van der Waals surface area (Å²) in [6.07, 6.45) is -0.194. The first-order valence-corrected chi connectivity index (χ1v) is 7.96. The number of hydrogen-bond acceptors (Lipinski definition) is 3. The van der Waals surface area contributed by atoms with Gasteiger partial charge in [0.05, 0.1) is 5.71 Å². The highest BCUT2D eigenvalue weighted by Gasteiger charge is 2.37. The summed E-state index contributed by atoms with van der Waals surface area (Å²) in [6.45, 7) is 1.91. The number of fused-ring (bicyclic) bond motifs is 1. The number of allylic oxidation sites excluding steroid dienone is 4. The van der Waals surface area contributed by atoms with Crippen molar-refractivity contribution in [1.29, 1.82) is 0 Å². The Morgan fingerprint density at radius 1 is 1.22 bits per heavy atom. The second-order valence-corrected chi connectivity index (χ2v) is 6.53. The molecule has 1 unspecified atom stereocenters. The Morgan fingerprint density at radius 3 is 2.65 bits per heavy atom. The van der Waals surface area contributed by atoms with Gasteiger partial charge < -0.3 is 5.73 Å². The predicted molar refractivity (Wildman–Crippen MR) is 87.3 cm³/mol. The molecule has 2 nitrogen and oxygen atoms in total. The lowest BCUT2D eigenvalue weighted by atomic mass is 9.97. The van der Waals surface area contributed by atoms with Gasteiger partial charge in [-0.3, -0.25) is 4.99 Å². The molecule has 0 fully saturated rings. The maximum atomic E-state index is 12.8. The second kappa shape index (κ2) is 6.02. The zero-order chi connectivity index (χ0) is 16.6. The Hall–Kier alpha value is -1.79. The molecular formula is C17H15F3N2S. The Bertz CT molecular complexity index is 755. The van der Waals surface area contributed by atoms with Gasteiger partial charge in [-0.15, -0.1) is 0 Å². The molecule has 1 aromatic rings. The third kappa shape index (κ3) is 3.28. The summed E-state index contributed by atoms with van der Waals surface area (Å²) in [7, 11) is 0. The molecule has 1 aromatic carbocycles. The molecule has 1 aliphatic carbocycles. The van der Waals surface area contributed by atoms with E-state index in [1.807, 2.05) is 31.2 Å². The van der Waals surface area contributed by atoms with E-state index < -0.39 is 11.7 Å². The Balaban J connectivity index is 1.85. The third-order valence-corrected chi connectivity index (χ3v) is 4.85. The average Bonchev–Trinajstić information content (AvgIpc) is 2.89. The predicted octanol–water partition coefficient (Wildman–Crippen LogP) is 4.91. The Labute approximate surface area is 136 Å². The van der Waals surface area contributed by atoms with Gasteiger partial charge in [0, 0.05) is 39.6 Å². The number of nitrogens with zero attached hydrogens (tertiary/aromatic N) is 1. The van der Waals surface area contributed by atoms with Gasteiger partial charge in [-0.05, 0) is 18.6 Å². The minimum Gasteiger partial charge on any atom is -0.324 e. The first kappa shape index (κ1) is 16.1. The number of thioether (sulfide) groups is 1. The molecule has 120 valence electrons. The highest BCUT2D eigenvalue weighted by molar-refractivity contribution is 8.03. The number of alkyl halides is 3. The maximum Gasteiger partial charge on any atom is 0.413 e. The van der Waals surface area contributed by atoms with E-state index >= 15 is 0 Å². The molecule has 1 aliphatic heterocycles. The fourth-order valence-corrected chi connectivity index (χ4v) is 3.66. The summed E-state index contributed by atoms with van der Waals surface area (Å²) in [4.78, 5) is 6.02. The minimum atomic E-state index is -4.30. The van der Waals surface area contributed by atoms with Gasteiger partial charge in [0.25, 0.3) is 0 Å². The quantitative estimate of drug-likeness (QED) is 0.851. The average molecular weight is 336 g/mol. The SMILES string of the molecule is CC(N)c1ccccc1SC1=CN=C2CC(C(F)(F)F)=CC=C12. The van der Waals surface area contributed by atoms with Gasteiger partial charge in [0.2, 0.25) is 0 Å². The summed E-state index contributed by atoms with van der Waals surface area (Å²) in [6, 6.07) is 7.65.